The molecule has 0 amide bonds. The molecule has 0 atom stereocenters. The first-order valence-electron chi connectivity index (χ1n) is 7.34. The highest BCUT2D eigenvalue weighted by molar-refractivity contribution is 5.79. The lowest BCUT2D eigenvalue weighted by atomic mass is 10.0. The average molecular weight is 255 g/mol. The lowest BCUT2D eigenvalue weighted by Crippen LogP contribution is -2.39. The molecular formula is C14H29N3O. The molecule has 0 aromatic rings. The van der Waals surface area contributed by atoms with E-state index in [1.807, 2.05) is 0 Å². The predicted molar refractivity (Wildman–Crippen MR) is 75.9 cm³/mol. The molecule has 4 nitrogen and oxygen atoms in total. The van der Waals surface area contributed by atoms with Gasteiger partial charge >= 0.3 is 0 Å². The number of nitrogens with zero attached hydrogens (tertiary/aromatic N) is 2. The summed E-state index contributed by atoms with van der Waals surface area (Å²) in [5.41, 5.74) is 5.59. The van der Waals surface area contributed by atoms with Crippen LogP contribution in [0.1, 0.15) is 58.8 Å². The molecule has 18 heavy (non-hydrogen) atoms. The van der Waals surface area contributed by atoms with E-state index in [1.54, 1.807) is 0 Å². The van der Waals surface area contributed by atoms with Crippen LogP contribution >= 0.6 is 0 Å². The molecular weight excluding hydrogens is 226 g/mol. The average Bonchev–Trinajstić information content (AvgIpc) is 2.62. The van der Waals surface area contributed by atoms with Crippen LogP contribution in [-0.4, -0.2) is 35.1 Å². The number of rotatable bonds is 6. The molecule has 1 saturated carbocycles. The maximum absolute atomic E-state index is 8.63. The van der Waals surface area contributed by atoms with E-state index in [-0.39, 0.29) is 0 Å². The van der Waals surface area contributed by atoms with Gasteiger partial charge in [-0.3, -0.25) is 4.90 Å². The largest absolute Gasteiger partial charge is 0.409 e. The van der Waals surface area contributed by atoms with E-state index < -0.39 is 0 Å². The van der Waals surface area contributed by atoms with Crippen molar-refractivity contribution in [2.24, 2.45) is 16.8 Å². The summed E-state index contributed by atoms with van der Waals surface area (Å²) in [4.78, 5) is 2.55. The zero-order valence-corrected chi connectivity index (χ0v) is 11.9. The number of hydrogen-bond donors (Lipinski definition) is 2. The van der Waals surface area contributed by atoms with Crippen molar-refractivity contribution in [1.82, 2.24) is 4.90 Å². The standard InChI is InChI=1S/C14H29N3O/c1-12(2)11-17(10-9-14(15)16-18)13-7-5-3-4-6-8-13/h12-13,18H,3-11H2,1-2H3,(H2,15,16). The minimum atomic E-state index is 0.345. The zero-order chi connectivity index (χ0) is 13.4. The van der Waals surface area contributed by atoms with Crippen molar-refractivity contribution in [2.75, 3.05) is 13.1 Å². The zero-order valence-electron chi connectivity index (χ0n) is 11.9. The Labute approximate surface area is 111 Å². The lowest BCUT2D eigenvalue weighted by molar-refractivity contribution is 0.163. The maximum atomic E-state index is 8.63. The van der Waals surface area contributed by atoms with Gasteiger partial charge in [0.2, 0.25) is 0 Å². The van der Waals surface area contributed by atoms with Crippen molar-refractivity contribution >= 4 is 5.84 Å². The Morgan fingerprint density at radius 2 is 1.89 bits per heavy atom. The molecule has 0 aromatic carbocycles. The van der Waals surface area contributed by atoms with Crippen molar-refractivity contribution in [3.05, 3.63) is 0 Å². The highest BCUT2D eigenvalue weighted by atomic mass is 16.4. The van der Waals surface area contributed by atoms with Gasteiger partial charge in [-0.1, -0.05) is 44.7 Å². The molecule has 106 valence electrons. The summed E-state index contributed by atoms with van der Waals surface area (Å²) in [6, 6.07) is 0.696. The number of hydrogen-bond acceptors (Lipinski definition) is 3. The van der Waals surface area contributed by atoms with Gasteiger partial charge in [-0.05, 0) is 18.8 Å². The second-order valence-corrected chi connectivity index (χ2v) is 5.88. The van der Waals surface area contributed by atoms with E-state index in [4.69, 9.17) is 10.9 Å². The molecule has 0 aromatic heterocycles. The van der Waals surface area contributed by atoms with Crippen LogP contribution in [0.3, 0.4) is 0 Å². The lowest BCUT2D eigenvalue weighted by Gasteiger charge is -2.32. The molecule has 0 bridgehead atoms. The highest BCUT2D eigenvalue weighted by Gasteiger charge is 2.20. The first-order valence-corrected chi connectivity index (χ1v) is 7.34. The van der Waals surface area contributed by atoms with Gasteiger partial charge in [-0.2, -0.15) is 0 Å². The molecule has 0 heterocycles. The fourth-order valence-electron chi connectivity index (χ4n) is 2.82. The molecule has 0 aliphatic heterocycles. The molecule has 1 aliphatic rings. The monoisotopic (exact) mass is 255 g/mol. The van der Waals surface area contributed by atoms with E-state index >= 15 is 0 Å². The third-order valence-corrected chi connectivity index (χ3v) is 3.72. The molecule has 0 radical (unpaired) electrons. The third kappa shape index (κ3) is 5.71. The third-order valence-electron chi connectivity index (χ3n) is 3.72. The van der Waals surface area contributed by atoms with Crippen LogP contribution in [0, 0.1) is 5.92 Å². The Hall–Kier alpha value is -0.770. The molecule has 0 unspecified atom stereocenters. The van der Waals surface area contributed by atoms with E-state index in [1.165, 1.54) is 38.5 Å². The summed E-state index contributed by atoms with van der Waals surface area (Å²) >= 11 is 0. The second kappa shape index (κ2) is 8.35. The van der Waals surface area contributed by atoms with Crippen LogP contribution in [0.2, 0.25) is 0 Å². The van der Waals surface area contributed by atoms with Crippen molar-refractivity contribution in [3.8, 4) is 0 Å². The topological polar surface area (TPSA) is 61.8 Å². The van der Waals surface area contributed by atoms with Gasteiger partial charge in [0.05, 0.1) is 0 Å². The molecule has 0 saturated heterocycles. The Kier molecular flexibility index (Phi) is 7.09. The maximum Gasteiger partial charge on any atom is 0.140 e. The van der Waals surface area contributed by atoms with Gasteiger partial charge in [0.15, 0.2) is 0 Å². The van der Waals surface area contributed by atoms with E-state index in [9.17, 15) is 0 Å². The van der Waals surface area contributed by atoms with Crippen LogP contribution in [0.25, 0.3) is 0 Å². The first kappa shape index (κ1) is 15.3. The highest BCUT2D eigenvalue weighted by Crippen LogP contribution is 2.22. The first-order chi connectivity index (χ1) is 8.63. The summed E-state index contributed by atoms with van der Waals surface area (Å²) in [5, 5.41) is 11.7. The Morgan fingerprint density at radius 1 is 1.28 bits per heavy atom. The molecule has 1 fully saturated rings. The van der Waals surface area contributed by atoms with Crippen molar-refractivity contribution in [2.45, 2.75) is 64.8 Å². The molecule has 3 N–H and O–H groups in total. The minimum Gasteiger partial charge on any atom is -0.409 e. The Morgan fingerprint density at radius 3 is 2.39 bits per heavy atom. The van der Waals surface area contributed by atoms with Crippen LogP contribution in [0.15, 0.2) is 5.16 Å². The van der Waals surface area contributed by atoms with Gasteiger partial charge in [0.25, 0.3) is 0 Å². The quantitative estimate of drug-likeness (QED) is 0.252. The SMILES string of the molecule is CC(C)CN(CCC(N)=NO)C1CCCCCC1. The predicted octanol–water partition coefficient (Wildman–Crippen LogP) is 2.80. The summed E-state index contributed by atoms with van der Waals surface area (Å²) in [7, 11) is 0. The normalized spacial score (nSPS) is 19.4. The fraction of sp³-hybridized carbons (Fsp3) is 0.929. The minimum absolute atomic E-state index is 0.345. The van der Waals surface area contributed by atoms with Gasteiger partial charge in [0, 0.05) is 25.6 Å². The van der Waals surface area contributed by atoms with Crippen LogP contribution in [-0.2, 0) is 0 Å². The van der Waals surface area contributed by atoms with Gasteiger partial charge in [0.1, 0.15) is 5.84 Å². The summed E-state index contributed by atoms with van der Waals surface area (Å²) in [5.74, 6) is 1.01. The second-order valence-electron chi connectivity index (χ2n) is 5.88. The van der Waals surface area contributed by atoms with E-state index in [2.05, 4.69) is 23.9 Å². The summed E-state index contributed by atoms with van der Waals surface area (Å²) < 4.78 is 0. The Bertz CT molecular complexity index is 245. The number of nitrogens with two attached hydrogens (primary N) is 1. The molecule has 1 rings (SSSR count). The van der Waals surface area contributed by atoms with Gasteiger partial charge < -0.3 is 10.9 Å². The molecule has 0 spiro atoms. The van der Waals surface area contributed by atoms with Gasteiger partial charge in [-0.25, -0.2) is 0 Å². The van der Waals surface area contributed by atoms with E-state index in [0.29, 0.717) is 24.2 Å². The smallest absolute Gasteiger partial charge is 0.140 e. The van der Waals surface area contributed by atoms with Crippen LogP contribution in [0.5, 0.6) is 0 Å². The van der Waals surface area contributed by atoms with Crippen LogP contribution in [0.4, 0.5) is 0 Å². The van der Waals surface area contributed by atoms with Crippen molar-refractivity contribution in [1.29, 1.82) is 0 Å². The molecule has 4 heteroatoms. The number of oxime groups is 1. The Balaban J connectivity index is 2.52. The summed E-state index contributed by atoms with van der Waals surface area (Å²) in [6.07, 6.45) is 8.75. The number of amidine groups is 1. The van der Waals surface area contributed by atoms with Gasteiger partial charge in [-0.15, -0.1) is 0 Å². The molecule has 1 aliphatic carbocycles. The fourth-order valence-corrected chi connectivity index (χ4v) is 2.82. The summed E-state index contributed by atoms with van der Waals surface area (Å²) in [6.45, 7) is 6.54. The van der Waals surface area contributed by atoms with Crippen LogP contribution < -0.4 is 5.73 Å². The van der Waals surface area contributed by atoms with E-state index in [0.717, 1.165) is 13.1 Å². The van der Waals surface area contributed by atoms with Crippen molar-refractivity contribution < 1.29 is 5.21 Å². The van der Waals surface area contributed by atoms with Crippen molar-refractivity contribution in [3.63, 3.8) is 0 Å².